The zero-order valence-corrected chi connectivity index (χ0v) is 17.1. The zero-order valence-electron chi connectivity index (χ0n) is 16.3. The predicted molar refractivity (Wildman–Crippen MR) is 115 cm³/mol. The Morgan fingerprint density at radius 2 is 1.89 bits per heavy atom. The summed E-state index contributed by atoms with van der Waals surface area (Å²) in [4.78, 5) is 25.9. The van der Waals surface area contributed by atoms with Gasteiger partial charge in [0.1, 0.15) is 0 Å². The molecule has 5 nitrogen and oxygen atoms in total. The van der Waals surface area contributed by atoms with Crippen LogP contribution in [0.5, 0.6) is 0 Å². The number of carbonyl (C=O) groups excluding carboxylic acids is 2. The molecule has 2 amide bonds. The smallest absolute Gasteiger partial charge is 0.252 e. The Morgan fingerprint density at radius 1 is 1.14 bits per heavy atom. The van der Waals surface area contributed by atoms with Crippen LogP contribution in [0.3, 0.4) is 0 Å². The molecule has 3 rings (SSSR count). The second-order valence-electron chi connectivity index (χ2n) is 7.16. The molecule has 1 aliphatic rings. The third-order valence-corrected chi connectivity index (χ3v) is 5.98. The van der Waals surface area contributed by atoms with E-state index in [1.807, 2.05) is 55.5 Å². The Kier molecular flexibility index (Phi) is 7.12. The Hall–Kier alpha value is -2.31. The molecule has 0 radical (unpaired) electrons. The van der Waals surface area contributed by atoms with E-state index in [0.29, 0.717) is 5.56 Å². The van der Waals surface area contributed by atoms with Crippen LogP contribution in [-0.4, -0.2) is 36.2 Å². The van der Waals surface area contributed by atoms with Gasteiger partial charge in [-0.3, -0.25) is 9.59 Å². The summed E-state index contributed by atoms with van der Waals surface area (Å²) in [6.07, 6.45) is 2.04. The van der Waals surface area contributed by atoms with Gasteiger partial charge in [-0.15, -0.1) is 11.8 Å². The highest BCUT2D eigenvalue weighted by Gasteiger charge is 2.23. The van der Waals surface area contributed by atoms with Crippen LogP contribution in [0, 0.1) is 6.92 Å². The molecule has 1 saturated heterocycles. The number of nitrogens with one attached hydrogen (secondary N) is 3. The lowest BCUT2D eigenvalue weighted by Crippen LogP contribution is -2.51. The molecule has 2 aromatic carbocycles. The molecular weight excluding hydrogens is 370 g/mol. The molecular formula is C22H27N3O2S. The molecule has 2 unspecified atom stereocenters. The maximum Gasteiger partial charge on any atom is 0.252 e. The van der Waals surface area contributed by atoms with Crippen molar-refractivity contribution in [3.05, 3.63) is 59.7 Å². The maximum absolute atomic E-state index is 12.8. The van der Waals surface area contributed by atoms with Gasteiger partial charge in [0.05, 0.1) is 11.3 Å². The highest BCUT2D eigenvalue weighted by atomic mass is 32.2. The minimum absolute atomic E-state index is 0.0809. The summed E-state index contributed by atoms with van der Waals surface area (Å²) >= 11 is 1.38. The van der Waals surface area contributed by atoms with Gasteiger partial charge in [-0.25, -0.2) is 0 Å². The van der Waals surface area contributed by atoms with Crippen LogP contribution in [0.1, 0.15) is 35.7 Å². The molecule has 6 heteroatoms. The van der Waals surface area contributed by atoms with E-state index in [4.69, 9.17) is 0 Å². The monoisotopic (exact) mass is 397 g/mol. The Bertz CT molecular complexity index is 823. The summed E-state index contributed by atoms with van der Waals surface area (Å²) in [6.45, 7) is 5.10. The van der Waals surface area contributed by atoms with Gasteiger partial charge in [0.15, 0.2) is 0 Å². The van der Waals surface area contributed by atoms with E-state index in [1.165, 1.54) is 11.8 Å². The molecule has 28 heavy (non-hydrogen) atoms. The predicted octanol–water partition coefficient (Wildman–Crippen LogP) is 3.60. The standard InChI is InChI=1S/C22H27N3O2S/c1-15-9-11-17(12-10-15)24-21(26)14-28-20-8-4-3-6-18(20)22(27)25-19-7-5-13-23-16(19)2/h3-4,6,8-12,16,19,23H,5,7,13-14H2,1-2H3,(H,24,26)(H,25,27). The number of aryl methyl sites for hydroxylation is 1. The van der Waals surface area contributed by atoms with Gasteiger partial charge in [-0.2, -0.15) is 0 Å². The Morgan fingerprint density at radius 3 is 2.64 bits per heavy atom. The molecule has 0 aromatic heterocycles. The second-order valence-corrected chi connectivity index (χ2v) is 8.18. The van der Waals surface area contributed by atoms with Gasteiger partial charge >= 0.3 is 0 Å². The first kappa shape index (κ1) is 20.4. The molecule has 2 aromatic rings. The average molecular weight is 398 g/mol. The van der Waals surface area contributed by atoms with E-state index in [-0.39, 0.29) is 29.7 Å². The van der Waals surface area contributed by atoms with Crippen LogP contribution in [0.4, 0.5) is 5.69 Å². The van der Waals surface area contributed by atoms with E-state index in [9.17, 15) is 9.59 Å². The van der Waals surface area contributed by atoms with Crippen LogP contribution in [0.2, 0.25) is 0 Å². The normalized spacial score (nSPS) is 19.1. The van der Waals surface area contributed by atoms with Gasteiger partial charge in [0.2, 0.25) is 5.91 Å². The molecule has 148 valence electrons. The summed E-state index contributed by atoms with van der Waals surface area (Å²) in [6, 6.07) is 15.5. The zero-order chi connectivity index (χ0) is 19.9. The van der Waals surface area contributed by atoms with Crippen molar-refractivity contribution in [2.24, 2.45) is 0 Å². The number of benzene rings is 2. The van der Waals surface area contributed by atoms with Gasteiger partial charge in [0.25, 0.3) is 5.91 Å². The first-order chi connectivity index (χ1) is 13.5. The van der Waals surface area contributed by atoms with Crippen molar-refractivity contribution in [1.29, 1.82) is 0 Å². The number of piperidine rings is 1. The summed E-state index contributed by atoms with van der Waals surface area (Å²) in [7, 11) is 0. The lowest BCUT2D eigenvalue weighted by Gasteiger charge is -2.30. The van der Waals surface area contributed by atoms with E-state index in [1.54, 1.807) is 0 Å². The van der Waals surface area contributed by atoms with E-state index in [0.717, 1.165) is 35.5 Å². The van der Waals surface area contributed by atoms with Crippen LogP contribution in [0.15, 0.2) is 53.4 Å². The van der Waals surface area contributed by atoms with Gasteiger partial charge in [0, 0.05) is 22.7 Å². The molecule has 0 aliphatic carbocycles. The van der Waals surface area contributed by atoms with Crippen molar-refractivity contribution >= 4 is 29.3 Å². The SMILES string of the molecule is Cc1ccc(NC(=O)CSc2ccccc2C(=O)NC2CCCNC2C)cc1. The van der Waals surface area contributed by atoms with E-state index in [2.05, 4.69) is 22.9 Å². The number of hydrogen-bond acceptors (Lipinski definition) is 4. The lowest BCUT2D eigenvalue weighted by atomic mass is 9.99. The molecule has 1 fully saturated rings. The second kappa shape index (κ2) is 9.75. The number of hydrogen-bond donors (Lipinski definition) is 3. The largest absolute Gasteiger partial charge is 0.348 e. The fraction of sp³-hybridized carbons (Fsp3) is 0.364. The minimum Gasteiger partial charge on any atom is -0.348 e. The molecule has 0 saturated carbocycles. The lowest BCUT2D eigenvalue weighted by molar-refractivity contribution is -0.113. The van der Waals surface area contributed by atoms with E-state index >= 15 is 0 Å². The van der Waals surface area contributed by atoms with E-state index < -0.39 is 0 Å². The summed E-state index contributed by atoms with van der Waals surface area (Å²) in [5.74, 6) is 0.0799. The number of carbonyl (C=O) groups is 2. The molecule has 1 aliphatic heterocycles. The summed E-state index contributed by atoms with van der Waals surface area (Å²) in [5, 5.41) is 9.43. The van der Waals surface area contributed by atoms with Crippen LogP contribution >= 0.6 is 11.8 Å². The Labute approximate surface area is 170 Å². The number of anilines is 1. The fourth-order valence-corrected chi connectivity index (χ4v) is 4.09. The summed E-state index contributed by atoms with van der Waals surface area (Å²) < 4.78 is 0. The maximum atomic E-state index is 12.8. The topological polar surface area (TPSA) is 70.2 Å². The minimum atomic E-state index is -0.0887. The molecule has 2 atom stereocenters. The summed E-state index contributed by atoms with van der Waals surface area (Å²) in [5.41, 5.74) is 2.55. The van der Waals surface area contributed by atoms with Crippen LogP contribution in [-0.2, 0) is 4.79 Å². The van der Waals surface area contributed by atoms with Crippen LogP contribution < -0.4 is 16.0 Å². The van der Waals surface area contributed by atoms with Crippen molar-refractivity contribution in [2.75, 3.05) is 17.6 Å². The van der Waals surface area contributed by atoms with Gasteiger partial charge < -0.3 is 16.0 Å². The van der Waals surface area contributed by atoms with Crippen molar-refractivity contribution in [1.82, 2.24) is 10.6 Å². The fourth-order valence-electron chi connectivity index (χ4n) is 3.24. The van der Waals surface area contributed by atoms with Crippen LogP contribution in [0.25, 0.3) is 0 Å². The Balaban J connectivity index is 1.59. The first-order valence-corrected chi connectivity index (χ1v) is 10.6. The molecule has 0 bridgehead atoms. The highest BCUT2D eigenvalue weighted by molar-refractivity contribution is 8.00. The quantitative estimate of drug-likeness (QED) is 0.652. The van der Waals surface area contributed by atoms with Crippen molar-refractivity contribution < 1.29 is 9.59 Å². The van der Waals surface area contributed by atoms with Crippen molar-refractivity contribution in [3.8, 4) is 0 Å². The number of amides is 2. The molecule has 3 N–H and O–H groups in total. The highest BCUT2D eigenvalue weighted by Crippen LogP contribution is 2.23. The first-order valence-electron chi connectivity index (χ1n) is 9.65. The van der Waals surface area contributed by atoms with Crippen molar-refractivity contribution in [2.45, 2.75) is 43.7 Å². The number of thioether (sulfide) groups is 1. The third kappa shape index (κ3) is 5.59. The van der Waals surface area contributed by atoms with Crippen molar-refractivity contribution in [3.63, 3.8) is 0 Å². The average Bonchev–Trinajstić information content (AvgIpc) is 2.70. The van der Waals surface area contributed by atoms with Gasteiger partial charge in [-0.1, -0.05) is 29.8 Å². The third-order valence-electron chi connectivity index (χ3n) is 4.90. The molecule has 0 spiro atoms. The molecule has 1 heterocycles. The van der Waals surface area contributed by atoms with Gasteiger partial charge in [-0.05, 0) is 57.5 Å². The number of rotatable bonds is 6.